The number of nitrogens with one attached hydrogen (secondary N) is 1. The van der Waals surface area contributed by atoms with Crippen LogP contribution >= 0.6 is 0 Å². The van der Waals surface area contributed by atoms with Crippen LogP contribution in [0.4, 0.5) is 0 Å². The van der Waals surface area contributed by atoms with Gasteiger partial charge in [-0.25, -0.2) is 13.2 Å². The molecule has 0 bridgehead atoms. The molecule has 0 aliphatic carbocycles. The fourth-order valence-electron chi connectivity index (χ4n) is 1.54. The first-order chi connectivity index (χ1) is 9.20. The fourth-order valence-corrected chi connectivity index (χ4v) is 2.69. The van der Waals surface area contributed by atoms with Crippen LogP contribution in [0.25, 0.3) is 0 Å². The summed E-state index contributed by atoms with van der Waals surface area (Å²) in [4.78, 5) is 22.1. The van der Waals surface area contributed by atoms with Crippen molar-refractivity contribution in [1.29, 1.82) is 0 Å². The standard InChI is InChI=1S/C12H16N2O5S/c1-8-4-5-9(6-10(8)12(16)17)20(18,19)14(3)7-11(15)13-2/h4-6H,7H2,1-3H3,(H,13,15)(H,16,17). The Kier molecular flexibility index (Phi) is 4.85. The molecule has 2 N–H and O–H groups in total. The van der Waals surface area contributed by atoms with Crippen LogP contribution in [0.15, 0.2) is 23.1 Å². The van der Waals surface area contributed by atoms with Crippen LogP contribution in [0.1, 0.15) is 15.9 Å². The minimum absolute atomic E-state index is 0.0839. The van der Waals surface area contributed by atoms with Crippen molar-refractivity contribution in [2.24, 2.45) is 0 Å². The van der Waals surface area contributed by atoms with E-state index in [0.717, 1.165) is 10.4 Å². The van der Waals surface area contributed by atoms with Crippen LogP contribution < -0.4 is 5.32 Å². The lowest BCUT2D eigenvalue weighted by Crippen LogP contribution is -2.36. The number of sulfonamides is 1. The second kappa shape index (κ2) is 6.02. The van der Waals surface area contributed by atoms with E-state index in [2.05, 4.69) is 5.32 Å². The molecule has 0 aromatic heterocycles. The molecule has 0 saturated carbocycles. The molecule has 110 valence electrons. The van der Waals surface area contributed by atoms with Crippen molar-refractivity contribution >= 4 is 21.9 Å². The fraction of sp³-hybridized carbons (Fsp3) is 0.333. The molecule has 1 aromatic rings. The van der Waals surface area contributed by atoms with Gasteiger partial charge in [0.2, 0.25) is 15.9 Å². The Bertz CT molecular complexity index is 639. The Hall–Kier alpha value is -1.93. The highest BCUT2D eigenvalue weighted by atomic mass is 32.2. The van der Waals surface area contributed by atoms with Crippen LogP contribution in [0.2, 0.25) is 0 Å². The number of aryl methyl sites for hydroxylation is 1. The Morgan fingerprint density at radius 3 is 2.45 bits per heavy atom. The number of rotatable bonds is 5. The molecule has 0 aliphatic heterocycles. The average Bonchev–Trinajstić information content (AvgIpc) is 2.38. The minimum atomic E-state index is -3.91. The van der Waals surface area contributed by atoms with E-state index in [4.69, 9.17) is 5.11 Å². The van der Waals surface area contributed by atoms with Crippen molar-refractivity contribution in [2.75, 3.05) is 20.6 Å². The lowest BCUT2D eigenvalue weighted by molar-refractivity contribution is -0.120. The number of nitrogens with zero attached hydrogens (tertiary/aromatic N) is 1. The third-order valence-corrected chi connectivity index (χ3v) is 4.59. The lowest BCUT2D eigenvalue weighted by atomic mass is 10.1. The monoisotopic (exact) mass is 300 g/mol. The molecule has 7 nitrogen and oxygen atoms in total. The maximum atomic E-state index is 12.2. The first kappa shape index (κ1) is 16.1. The van der Waals surface area contributed by atoms with Crippen LogP contribution in [0.5, 0.6) is 0 Å². The Labute approximate surface area is 117 Å². The number of carboxylic acid groups (broad SMARTS) is 1. The first-order valence-corrected chi connectivity index (χ1v) is 7.15. The molecule has 20 heavy (non-hydrogen) atoms. The summed E-state index contributed by atoms with van der Waals surface area (Å²) in [6.45, 7) is 1.24. The van der Waals surface area contributed by atoms with Gasteiger partial charge < -0.3 is 10.4 Å². The predicted molar refractivity (Wildman–Crippen MR) is 72.0 cm³/mol. The van der Waals surface area contributed by atoms with Gasteiger partial charge in [-0.15, -0.1) is 0 Å². The molecule has 1 rings (SSSR count). The summed E-state index contributed by atoms with van der Waals surface area (Å²) in [7, 11) is -1.25. The van der Waals surface area contributed by atoms with Crippen molar-refractivity contribution in [1.82, 2.24) is 9.62 Å². The van der Waals surface area contributed by atoms with Crippen LogP contribution in [0, 0.1) is 6.92 Å². The van der Waals surface area contributed by atoms with E-state index >= 15 is 0 Å². The summed E-state index contributed by atoms with van der Waals surface area (Å²) >= 11 is 0. The highest BCUT2D eigenvalue weighted by Gasteiger charge is 2.24. The summed E-state index contributed by atoms with van der Waals surface area (Å²) in [5.74, 6) is -1.66. The summed E-state index contributed by atoms with van der Waals surface area (Å²) in [6, 6.07) is 3.83. The third-order valence-electron chi connectivity index (χ3n) is 2.79. The van der Waals surface area contributed by atoms with Gasteiger partial charge in [-0.1, -0.05) is 6.07 Å². The number of carbonyl (C=O) groups is 2. The SMILES string of the molecule is CNC(=O)CN(C)S(=O)(=O)c1ccc(C)c(C(=O)O)c1. The molecule has 0 aliphatic rings. The van der Waals surface area contributed by atoms with Crippen molar-refractivity contribution < 1.29 is 23.1 Å². The molecule has 0 radical (unpaired) electrons. The van der Waals surface area contributed by atoms with E-state index in [1.54, 1.807) is 6.92 Å². The molecular weight excluding hydrogens is 284 g/mol. The summed E-state index contributed by atoms with van der Waals surface area (Å²) in [5, 5.41) is 11.3. The minimum Gasteiger partial charge on any atom is -0.478 e. The number of carboxylic acids is 1. The number of carbonyl (C=O) groups excluding carboxylic acids is 1. The maximum absolute atomic E-state index is 12.2. The van der Waals surface area contributed by atoms with Gasteiger partial charge in [-0.3, -0.25) is 4.79 Å². The van der Waals surface area contributed by atoms with Gasteiger partial charge in [0.15, 0.2) is 0 Å². The molecular formula is C12H16N2O5S. The van der Waals surface area contributed by atoms with Crippen LogP contribution in [0.3, 0.4) is 0 Å². The molecule has 8 heteroatoms. The van der Waals surface area contributed by atoms with Crippen molar-refractivity contribution in [3.63, 3.8) is 0 Å². The summed E-state index contributed by atoms with van der Waals surface area (Å²) < 4.78 is 25.3. The van der Waals surface area contributed by atoms with Gasteiger partial charge in [0.25, 0.3) is 0 Å². The van der Waals surface area contributed by atoms with Gasteiger partial charge in [0, 0.05) is 14.1 Å². The third kappa shape index (κ3) is 3.34. The number of aromatic carboxylic acids is 1. The maximum Gasteiger partial charge on any atom is 0.335 e. The number of amides is 1. The average molecular weight is 300 g/mol. The lowest BCUT2D eigenvalue weighted by Gasteiger charge is -2.16. The Morgan fingerprint density at radius 1 is 1.35 bits per heavy atom. The molecule has 0 spiro atoms. The Balaban J connectivity index is 3.19. The summed E-state index contributed by atoms with van der Waals surface area (Å²) in [6.07, 6.45) is 0. The van der Waals surface area contributed by atoms with E-state index in [-0.39, 0.29) is 17.0 Å². The van der Waals surface area contributed by atoms with Gasteiger partial charge in [-0.05, 0) is 24.6 Å². The van der Waals surface area contributed by atoms with Gasteiger partial charge in [0.1, 0.15) is 0 Å². The second-order valence-electron chi connectivity index (χ2n) is 4.22. The van der Waals surface area contributed by atoms with E-state index in [1.165, 1.54) is 26.2 Å². The van der Waals surface area contributed by atoms with Gasteiger partial charge in [-0.2, -0.15) is 4.31 Å². The molecule has 0 heterocycles. The van der Waals surface area contributed by atoms with Gasteiger partial charge in [0.05, 0.1) is 17.0 Å². The molecule has 1 aromatic carbocycles. The number of hydrogen-bond acceptors (Lipinski definition) is 4. The van der Waals surface area contributed by atoms with E-state index in [0.29, 0.717) is 5.56 Å². The molecule has 1 amide bonds. The molecule has 0 fully saturated rings. The number of benzene rings is 1. The largest absolute Gasteiger partial charge is 0.478 e. The van der Waals surface area contributed by atoms with Crippen molar-refractivity contribution in [3.05, 3.63) is 29.3 Å². The normalized spacial score (nSPS) is 11.4. The zero-order valence-electron chi connectivity index (χ0n) is 11.4. The van der Waals surface area contributed by atoms with E-state index in [9.17, 15) is 18.0 Å². The molecule has 0 atom stereocenters. The predicted octanol–water partition coefficient (Wildman–Crippen LogP) is 0.0597. The van der Waals surface area contributed by atoms with Gasteiger partial charge >= 0.3 is 5.97 Å². The van der Waals surface area contributed by atoms with Crippen LogP contribution in [-0.4, -0.2) is 50.3 Å². The topological polar surface area (TPSA) is 104 Å². The number of hydrogen-bond donors (Lipinski definition) is 2. The first-order valence-electron chi connectivity index (χ1n) is 5.71. The number of likely N-dealkylation sites (N-methyl/N-ethyl adjacent to an activating group) is 2. The molecule has 0 unspecified atom stereocenters. The zero-order chi connectivity index (χ0) is 15.5. The van der Waals surface area contributed by atoms with E-state index in [1.807, 2.05) is 0 Å². The Morgan fingerprint density at radius 2 is 1.95 bits per heavy atom. The quantitative estimate of drug-likeness (QED) is 0.800. The van der Waals surface area contributed by atoms with Crippen molar-refractivity contribution in [2.45, 2.75) is 11.8 Å². The highest BCUT2D eigenvalue weighted by Crippen LogP contribution is 2.18. The van der Waals surface area contributed by atoms with Crippen molar-refractivity contribution in [3.8, 4) is 0 Å². The van der Waals surface area contributed by atoms with E-state index < -0.39 is 21.9 Å². The zero-order valence-corrected chi connectivity index (χ0v) is 12.2. The second-order valence-corrected chi connectivity index (χ2v) is 6.26. The molecule has 0 saturated heterocycles. The smallest absolute Gasteiger partial charge is 0.335 e. The highest BCUT2D eigenvalue weighted by molar-refractivity contribution is 7.89. The summed E-state index contributed by atoms with van der Waals surface area (Å²) in [5.41, 5.74) is 0.379. The van der Waals surface area contributed by atoms with Crippen LogP contribution in [-0.2, 0) is 14.8 Å².